The van der Waals surface area contributed by atoms with E-state index in [1.165, 1.54) is 30.6 Å². The first-order chi connectivity index (χ1) is 8.58. The van der Waals surface area contributed by atoms with E-state index in [1.54, 1.807) is 6.07 Å². The van der Waals surface area contributed by atoms with Gasteiger partial charge in [-0.25, -0.2) is 9.37 Å². The Kier molecular flexibility index (Phi) is 3.76. The third-order valence-electron chi connectivity index (χ3n) is 2.42. The zero-order valence-corrected chi connectivity index (χ0v) is 10.9. The zero-order valence-electron chi connectivity index (χ0n) is 10.1. The van der Waals surface area contributed by atoms with Crippen LogP contribution in [-0.4, -0.2) is 24.1 Å². The van der Waals surface area contributed by atoms with E-state index < -0.39 is 0 Å². The largest absolute Gasteiger partial charge is 0.469 e. The molecule has 1 heterocycles. The zero-order chi connectivity index (χ0) is 13.1. The molecule has 0 aliphatic heterocycles. The van der Waals surface area contributed by atoms with Gasteiger partial charge in [0.15, 0.2) is 5.13 Å². The maximum atomic E-state index is 13.0. The van der Waals surface area contributed by atoms with E-state index in [1.807, 2.05) is 6.92 Å². The Morgan fingerprint density at radius 3 is 3.11 bits per heavy atom. The number of hydrogen-bond donors (Lipinski definition) is 1. The number of halogens is 1. The molecule has 0 aliphatic carbocycles. The van der Waals surface area contributed by atoms with Crippen molar-refractivity contribution in [3.8, 4) is 0 Å². The second kappa shape index (κ2) is 5.30. The lowest BCUT2D eigenvalue weighted by molar-refractivity contribution is -0.140. The van der Waals surface area contributed by atoms with Gasteiger partial charge in [0.05, 0.1) is 23.7 Å². The summed E-state index contributed by atoms with van der Waals surface area (Å²) in [6.07, 6.45) is 0.265. The predicted molar refractivity (Wildman–Crippen MR) is 69.3 cm³/mol. The fraction of sp³-hybridized carbons (Fsp3) is 0.333. The molecule has 0 aliphatic rings. The molecule has 6 heteroatoms. The van der Waals surface area contributed by atoms with Gasteiger partial charge in [0, 0.05) is 6.04 Å². The third-order valence-corrected chi connectivity index (χ3v) is 3.37. The van der Waals surface area contributed by atoms with Gasteiger partial charge in [-0.2, -0.15) is 0 Å². The molecule has 2 rings (SSSR count). The topological polar surface area (TPSA) is 51.2 Å². The summed E-state index contributed by atoms with van der Waals surface area (Å²) in [5.74, 6) is -0.553. The first-order valence-corrected chi connectivity index (χ1v) is 6.29. The molecule has 0 amide bonds. The molecule has 1 atom stereocenters. The molecule has 4 nitrogen and oxygen atoms in total. The van der Waals surface area contributed by atoms with Crippen LogP contribution >= 0.6 is 11.3 Å². The van der Waals surface area contributed by atoms with Crippen LogP contribution < -0.4 is 5.32 Å². The van der Waals surface area contributed by atoms with E-state index in [0.717, 1.165) is 10.2 Å². The van der Waals surface area contributed by atoms with Crippen molar-refractivity contribution in [2.24, 2.45) is 0 Å². The fourth-order valence-electron chi connectivity index (χ4n) is 1.56. The van der Waals surface area contributed by atoms with Crippen LogP contribution in [0.2, 0.25) is 0 Å². The quantitative estimate of drug-likeness (QED) is 0.866. The second-order valence-electron chi connectivity index (χ2n) is 3.96. The minimum atomic E-state index is -0.277. The minimum absolute atomic E-state index is 0.0807. The number of fused-ring (bicyclic) bond motifs is 1. The number of hydrogen-bond acceptors (Lipinski definition) is 5. The number of nitrogens with zero attached hydrogens (tertiary/aromatic N) is 1. The molecule has 96 valence electrons. The van der Waals surface area contributed by atoms with Crippen molar-refractivity contribution >= 4 is 32.7 Å². The van der Waals surface area contributed by atoms with Crippen molar-refractivity contribution in [1.82, 2.24) is 4.98 Å². The first kappa shape index (κ1) is 12.8. The van der Waals surface area contributed by atoms with Crippen molar-refractivity contribution < 1.29 is 13.9 Å². The molecule has 0 saturated heterocycles. The Morgan fingerprint density at radius 2 is 2.39 bits per heavy atom. The van der Waals surface area contributed by atoms with Gasteiger partial charge in [0.2, 0.25) is 0 Å². The number of thiazole rings is 1. The van der Waals surface area contributed by atoms with E-state index in [4.69, 9.17) is 0 Å². The van der Waals surface area contributed by atoms with Crippen LogP contribution in [0.25, 0.3) is 10.2 Å². The van der Waals surface area contributed by atoms with Crippen LogP contribution in [0.5, 0.6) is 0 Å². The average molecular weight is 268 g/mol. The van der Waals surface area contributed by atoms with Crippen molar-refractivity contribution in [1.29, 1.82) is 0 Å². The van der Waals surface area contributed by atoms with Crippen LogP contribution in [0, 0.1) is 5.82 Å². The molecule has 0 fully saturated rings. The molecular weight excluding hydrogens is 255 g/mol. The van der Waals surface area contributed by atoms with Gasteiger partial charge >= 0.3 is 5.97 Å². The normalized spacial score (nSPS) is 12.4. The number of carbonyl (C=O) groups is 1. The third kappa shape index (κ3) is 2.95. The Balaban J connectivity index is 2.09. The monoisotopic (exact) mass is 268 g/mol. The Labute approximate surface area is 108 Å². The first-order valence-electron chi connectivity index (χ1n) is 5.48. The number of nitrogens with one attached hydrogen (secondary N) is 1. The molecular formula is C12H13FN2O2S. The van der Waals surface area contributed by atoms with Gasteiger partial charge in [0.1, 0.15) is 5.82 Å². The van der Waals surface area contributed by atoms with Crippen LogP contribution in [-0.2, 0) is 9.53 Å². The van der Waals surface area contributed by atoms with Crippen molar-refractivity contribution in [2.45, 2.75) is 19.4 Å². The maximum Gasteiger partial charge on any atom is 0.307 e. The number of esters is 1. The van der Waals surface area contributed by atoms with Crippen molar-refractivity contribution in [3.05, 3.63) is 24.0 Å². The smallest absolute Gasteiger partial charge is 0.307 e. The highest BCUT2D eigenvalue weighted by Crippen LogP contribution is 2.27. The van der Waals surface area contributed by atoms with Gasteiger partial charge in [-0.05, 0) is 25.1 Å². The van der Waals surface area contributed by atoms with E-state index in [0.29, 0.717) is 5.13 Å². The molecule has 1 N–H and O–H groups in total. The molecule has 1 aromatic heterocycles. The number of rotatable bonds is 4. The van der Waals surface area contributed by atoms with Crippen LogP contribution in [0.3, 0.4) is 0 Å². The molecule has 18 heavy (non-hydrogen) atoms. The van der Waals surface area contributed by atoms with Crippen molar-refractivity contribution in [2.75, 3.05) is 12.4 Å². The van der Waals surface area contributed by atoms with Gasteiger partial charge in [-0.15, -0.1) is 0 Å². The SMILES string of the molecule is COC(=O)CC(C)Nc1nc2ccc(F)cc2s1. The summed E-state index contributed by atoms with van der Waals surface area (Å²) in [5.41, 5.74) is 0.745. The molecule has 1 unspecified atom stereocenters. The molecule has 0 radical (unpaired) electrons. The summed E-state index contributed by atoms with van der Waals surface area (Å²) in [5, 5.41) is 3.77. The van der Waals surface area contributed by atoms with Gasteiger partial charge in [0.25, 0.3) is 0 Å². The van der Waals surface area contributed by atoms with Crippen molar-refractivity contribution in [3.63, 3.8) is 0 Å². The lowest BCUT2D eigenvalue weighted by atomic mass is 10.2. The Hall–Kier alpha value is -1.69. The number of carbonyl (C=O) groups excluding carboxylic acids is 1. The highest BCUT2D eigenvalue weighted by atomic mass is 32.1. The minimum Gasteiger partial charge on any atom is -0.469 e. The summed E-state index contributed by atoms with van der Waals surface area (Å²) < 4.78 is 18.4. The Bertz CT molecular complexity index is 570. The molecule has 0 saturated carbocycles. The molecule has 0 spiro atoms. The highest BCUT2D eigenvalue weighted by Gasteiger charge is 2.11. The Morgan fingerprint density at radius 1 is 1.61 bits per heavy atom. The fourth-order valence-corrected chi connectivity index (χ4v) is 2.56. The highest BCUT2D eigenvalue weighted by molar-refractivity contribution is 7.22. The molecule has 0 bridgehead atoms. The second-order valence-corrected chi connectivity index (χ2v) is 4.99. The predicted octanol–water partition coefficient (Wildman–Crippen LogP) is 2.80. The maximum absolute atomic E-state index is 13.0. The number of anilines is 1. The number of aromatic nitrogens is 1. The van der Waals surface area contributed by atoms with Gasteiger partial charge in [-0.1, -0.05) is 11.3 Å². The summed E-state index contributed by atoms with van der Waals surface area (Å²) in [4.78, 5) is 15.4. The number of benzene rings is 1. The molecule has 2 aromatic rings. The lowest BCUT2D eigenvalue weighted by Gasteiger charge is -2.10. The van der Waals surface area contributed by atoms with E-state index in [9.17, 15) is 9.18 Å². The van der Waals surface area contributed by atoms with Gasteiger partial charge < -0.3 is 10.1 Å². The van der Waals surface area contributed by atoms with Crippen LogP contribution in [0.15, 0.2) is 18.2 Å². The van der Waals surface area contributed by atoms with Crippen LogP contribution in [0.4, 0.5) is 9.52 Å². The lowest BCUT2D eigenvalue weighted by Crippen LogP contribution is -2.20. The van der Waals surface area contributed by atoms with E-state index in [2.05, 4.69) is 15.0 Å². The standard InChI is InChI=1S/C12H13FN2O2S/c1-7(5-11(16)17-2)14-12-15-9-4-3-8(13)6-10(9)18-12/h3-4,6-7H,5H2,1-2H3,(H,14,15). The van der Waals surface area contributed by atoms with E-state index in [-0.39, 0.29) is 24.2 Å². The molecule has 1 aromatic carbocycles. The van der Waals surface area contributed by atoms with Crippen LogP contribution in [0.1, 0.15) is 13.3 Å². The van der Waals surface area contributed by atoms with Gasteiger partial charge in [-0.3, -0.25) is 4.79 Å². The summed E-state index contributed by atoms with van der Waals surface area (Å²) in [6.45, 7) is 1.86. The number of ether oxygens (including phenoxy) is 1. The average Bonchev–Trinajstić information content (AvgIpc) is 2.69. The summed E-state index contributed by atoms with van der Waals surface area (Å²) >= 11 is 1.36. The summed E-state index contributed by atoms with van der Waals surface area (Å²) in [6, 6.07) is 4.38. The van der Waals surface area contributed by atoms with E-state index >= 15 is 0 Å². The summed E-state index contributed by atoms with van der Waals surface area (Å²) in [7, 11) is 1.36. The number of methoxy groups -OCH3 is 1.